The highest BCUT2D eigenvalue weighted by Gasteiger charge is 2.30. The van der Waals surface area contributed by atoms with Gasteiger partial charge in [0.15, 0.2) is 6.04 Å². The summed E-state index contributed by atoms with van der Waals surface area (Å²) in [7, 11) is 1.96. The fraction of sp³-hybridized carbons (Fsp3) is 0.263. The van der Waals surface area contributed by atoms with Crippen LogP contribution in [0.3, 0.4) is 0 Å². The van der Waals surface area contributed by atoms with Crippen LogP contribution >= 0.6 is 15.9 Å². The van der Waals surface area contributed by atoms with Crippen LogP contribution in [0.1, 0.15) is 24.1 Å². The van der Waals surface area contributed by atoms with E-state index in [9.17, 15) is 9.59 Å². The molecule has 0 fully saturated rings. The zero-order valence-electron chi connectivity index (χ0n) is 14.4. The first kappa shape index (κ1) is 19.1. The lowest BCUT2D eigenvalue weighted by Crippen LogP contribution is -3.09. The van der Waals surface area contributed by atoms with Gasteiger partial charge in [0, 0.05) is 22.1 Å². The van der Waals surface area contributed by atoms with Crippen LogP contribution in [0.5, 0.6) is 0 Å². The van der Waals surface area contributed by atoms with Gasteiger partial charge in [0.05, 0.1) is 7.05 Å². The molecule has 2 aromatic rings. The van der Waals surface area contributed by atoms with Gasteiger partial charge in [-0.3, -0.25) is 10.1 Å². The molecule has 0 aromatic heterocycles. The second kappa shape index (κ2) is 9.34. The third kappa shape index (κ3) is 5.69. The quantitative estimate of drug-likeness (QED) is 0.689. The zero-order chi connectivity index (χ0) is 18.2. The summed E-state index contributed by atoms with van der Waals surface area (Å²) in [6.07, 6.45) is 0. The molecule has 0 spiro atoms. The van der Waals surface area contributed by atoms with E-state index in [1.807, 2.05) is 68.6 Å². The number of halogens is 1. The number of nitrogens with one attached hydrogen (secondary N) is 3. The normalized spacial score (nSPS) is 12.9. The molecule has 0 radical (unpaired) electrons. The summed E-state index contributed by atoms with van der Waals surface area (Å²) in [4.78, 5) is 25.4. The van der Waals surface area contributed by atoms with Gasteiger partial charge in [-0.25, -0.2) is 4.79 Å². The summed E-state index contributed by atoms with van der Waals surface area (Å²) in [5.41, 5.74) is 1.99. The molecule has 3 N–H and O–H groups in total. The van der Waals surface area contributed by atoms with Gasteiger partial charge in [0.25, 0.3) is 5.91 Å². The largest absolute Gasteiger partial charge is 0.338 e. The Morgan fingerprint density at radius 3 is 2.32 bits per heavy atom. The van der Waals surface area contributed by atoms with Gasteiger partial charge in [0.2, 0.25) is 0 Å². The van der Waals surface area contributed by atoms with Crippen LogP contribution in [0, 0.1) is 0 Å². The number of hydrogen-bond donors (Lipinski definition) is 3. The Bertz CT molecular complexity index is 704. The molecule has 0 aliphatic carbocycles. The van der Waals surface area contributed by atoms with Crippen molar-refractivity contribution in [2.75, 3.05) is 13.6 Å². The molecule has 0 saturated carbocycles. The Morgan fingerprint density at radius 1 is 1.08 bits per heavy atom. The fourth-order valence-electron chi connectivity index (χ4n) is 2.72. The number of imide groups is 1. The van der Waals surface area contributed by atoms with E-state index in [4.69, 9.17) is 0 Å². The second-order valence-electron chi connectivity index (χ2n) is 5.84. The number of amides is 3. The number of hydrogen-bond acceptors (Lipinski definition) is 2. The van der Waals surface area contributed by atoms with Gasteiger partial charge in [-0.15, -0.1) is 0 Å². The van der Waals surface area contributed by atoms with Crippen molar-refractivity contribution in [1.82, 2.24) is 10.6 Å². The van der Waals surface area contributed by atoms with Gasteiger partial charge in [0.1, 0.15) is 6.54 Å². The van der Waals surface area contributed by atoms with Gasteiger partial charge in [-0.2, -0.15) is 0 Å². The predicted octanol–water partition coefficient (Wildman–Crippen LogP) is 2.05. The maximum Gasteiger partial charge on any atom is 0.321 e. The van der Waals surface area contributed by atoms with E-state index in [2.05, 4.69) is 26.6 Å². The Hall–Kier alpha value is -2.18. The molecule has 6 heteroatoms. The number of rotatable bonds is 6. The molecular formula is C19H23BrN3O2+. The van der Waals surface area contributed by atoms with E-state index in [0.29, 0.717) is 13.1 Å². The lowest BCUT2D eigenvalue weighted by molar-refractivity contribution is -0.916. The molecule has 0 aliphatic rings. The predicted molar refractivity (Wildman–Crippen MR) is 101 cm³/mol. The summed E-state index contributed by atoms with van der Waals surface area (Å²) < 4.78 is 1.02. The molecule has 2 atom stereocenters. The van der Waals surface area contributed by atoms with Gasteiger partial charge < -0.3 is 10.2 Å². The SMILES string of the molecule is CCNC(=O)NC(=O)[C@H](c1ccccc1)[NH+](C)Cc1ccc(Br)cc1. The topological polar surface area (TPSA) is 62.6 Å². The van der Waals surface area contributed by atoms with Crippen molar-refractivity contribution in [3.05, 3.63) is 70.2 Å². The number of carbonyl (C=O) groups is 2. The minimum absolute atomic E-state index is 0.313. The molecule has 0 saturated heterocycles. The molecule has 0 aliphatic heterocycles. The number of carbonyl (C=O) groups excluding carboxylic acids is 2. The first-order chi connectivity index (χ1) is 12.0. The first-order valence-electron chi connectivity index (χ1n) is 8.21. The highest BCUT2D eigenvalue weighted by atomic mass is 79.9. The Kier molecular flexibility index (Phi) is 7.16. The monoisotopic (exact) mass is 404 g/mol. The number of likely N-dealkylation sites (N-methyl/N-ethyl adjacent to an activating group) is 1. The number of benzene rings is 2. The highest BCUT2D eigenvalue weighted by Crippen LogP contribution is 2.12. The molecule has 2 rings (SSSR count). The van der Waals surface area contributed by atoms with E-state index >= 15 is 0 Å². The van der Waals surface area contributed by atoms with E-state index in [-0.39, 0.29) is 5.91 Å². The highest BCUT2D eigenvalue weighted by molar-refractivity contribution is 9.10. The Morgan fingerprint density at radius 2 is 1.72 bits per heavy atom. The van der Waals surface area contributed by atoms with Crippen LogP contribution in [0.25, 0.3) is 0 Å². The van der Waals surface area contributed by atoms with E-state index in [0.717, 1.165) is 20.5 Å². The maximum atomic E-state index is 12.7. The molecule has 0 bridgehead atoms. The van der Waals surface area contributed by atoms with Crippen LogP contribution in [-0.2, 0) is 11.3 Å². The van der Waals surface area contributed by atoms with Crippen LogP contribution in [0.15, 0.2) is 59.1 Å². The molecule has 1 unspecified atom stereocenters. The number of urea groups is 1. The molecule has 5 nitrogen and oxygen atoms in total. The summed E-state index contributed by atoms with van der Waals surface area (Å²) in [6, 6.07) is 16.6. The van der Waals surface area contributed by atoms with Crippen molar-refractivity contribution in [2.24, 2.45) is 0 Å². The van der Waals surface area contributed by atoms with Gasteiger partial charge >= 0.3 is 6.03 Å². The van der Waals surface area contributed by atoms with Crippen LogP contribution in [0.2, 0.25) is 0 Å². The standard InChI is InChI=1S/C19H22BrN3O2/c1-3-21-19(25)22-18(24)17(15-7-5-4-6-8-15)23(2)13-14-9-11-16(20)12-10-14/h4-12,17H,3,13H2,1-2H3,(H2,21,22,24,25)/p+1/t17-/m0/s1. The van der Waals surface area contributed by atoms with Crippen LogP contribution < -0.4 is 15.5 Å². The van der Waals surface area contributed by atoms with Crippen LogP contribution in [-0.4, -0.2) is 25.5 Å². The third-order valence-electron chi connectivity index (χ3n) is 3.86. The van der Waals surface area contributed by atoms with Crippen LogP contribution in [0.4, 0.5) is 4.79 Å². The first-order valence-corrected chi connectivity index (χ1v) is 9.01. The van der Waals surface area contributed by atoms with Crippen molar-refractivity contribution >= 4 is 27.9 Å². The molecule has 3 amide bonds. The van der Waals surface area contributed by atoms with E-state index in [1.54, 1.807) is 0 Å². The minimum atomic E-state index is -0.479. The molecule has 132 valence electrons. The average Bonchev–Trinajstić information content (AvgIpc) is 2.58. The summed E-state index contributed by atoms with van der Waals surface area (Å²) in [5, 5.41) is 5.03. The Balaban J connectivity index is 2.20. The smallest absolute Gasteiger partial charge is 0.321 e. The van der Waals surface area contributed by atoms with Crippen molar-refractivity contribution in [3.8, 4) is 0 Å². The zero-order valence-corrected chi connectivity index (χ0v) is 16.0. The lowest BCUT2D eigenvalue weighted by atomic mass is 10.0. The lowest BCUT2D eigenvalue weighted by Gasteiger charge is -2.24. The van der Waals surface area contributed by atoms with Crippen molar-refractivity contribution in [3.63, 3.8) is 0 Å². The van der Waals surface area contributed by atoms with Gasteiger partial charge in [-0.1, -0.05) is 58.4 Å². The maximum absolute atomic E-state index is 12.7. The number of quaternary nitrogens is 1. The van der Waals surface area contributed by atoms with E-state index < -0.39 is 12.1 Å². The molecular weight excluding hydrogens is 382 g/mol. The third-order valence-corrected chi connectivity index (χ3v) is 4.39. The van der Waals surface area contributed by atoms with E-state index in [1.165, 1.54) is 0 Å². The summed E-state index contributed by atoms with van der Waals surface area (Å²) in [6.45, 7) is 2.94. The molecule has 2 aromatic carbocycles. The summed E-state index contributed by atoms with van der Waals surface area (Å²) >= 11 is 3.43. The van der Waals surface area contributed by atoms with Crippen molar-refractivity contribution in [1.29, 1.82) is 0 Å². The Labute approximate surface area is 156 Å². The minimum Gasteiger partial charge on any atom is -0.338 e. The molecule has 25 heavy (non-hydrogen) atoms. The second-order valence-corrected chi connectivity index (χ2v) is 6.76. The van der Waals surface area contributed by atoms with Crippen molar-refractivity contribution in [2.45, 2.75) is 19.5 Å². The summed E-state index contributed by atoms with van der Waals surface area (Å²) in [5.74, 6) is -0.313. The fourth-order valence-corrected chi connectivity index (χ4v) is 2.98. The molecule has 0 heterocycles. The van der Waals surface area contributed by atoms with Gasteiger partial charge in [-0.05, 0) is 19.1 Å². The average molecular weight is 405 g/mol. The van der Waals surface area contributed by atoms with Crippen molar-refractivity contribution < 1.29 is 14.5 Å².